The molecule has 3 aromatic rings. The Morgan fingerprint density at radius 3 is 1.87 bits per heavy atom. The lowest BCUT2D eigenvalue weighted by atomic mass is 9.97. The minimum absolute atomic E-state index is 0.156. The van der Waals surface area contributed by atoms with Crippen molar-refractivity contribution in [2.75, 3.05) is 21.3 Å². The smallest absolute Gasteiger partial charge is 0.241 e. The Bertz CT molecular complexity index is 1120. The van der Waals surface area contributed by atoms with Crippen LogP contribution in [0.2, 0.25) is 5.02 Å². The summed E-state index contributed by atoms with van der Waals surface area (Å²) in [6, 6.07) is 16.1. The number of hydrogen-bond acceptors (Lipinski definition) is 5. The van der Waals surface area contributed by atoms with Gasteiger partial charge in [-0.1, -0.05) is 41.4 Å². The minimum atomic E-state index is -3.87. The number of benzene rings is 3. The van der Waals surface area contributed by atoms with Crippen molar-refractivity contribution in [3.8, 4) is 17.2 Å². The first-order valence-corrected chi connectivity index (χ1v) is 11.3. The highest BCUT2D eigenvalue weighted by Crippen LogP contribution is 2.41. The highest BCUT2D eigenvalue weighted by molar-refractivity contribution is 7.89. The lowest BCUT2D eigenvalue weighted by Gasteiger charge is -2.24. The molecule has 1 N–H and O–H groups in total. The predicted molar refractivity (Wildman–Crippen MR) is 121 cm³/mol. The van der Waals surface area contributed by atoms with Crippen molar-refractivity contribution in [2.45, 2.75) is 17.9 Å². The fourth-order valence-corrected chi connectivity index (χ4v) is 4.53. The lowest BCUT2D eigenvalue weighted by Crippen LogP contribution is -2.30. The van der Waals surface area contributed by atoms with Crippen molar-refractivity contribution in [3.63, 3.8) is 0 Å². The largest absolute Gasteiger partial charge is 0.496 e. The van der Waals surface area contributed by atoms with Crippen molar-refractivity contribution in [1.29, 1.82) is 0 Å². The van der Waals surface area contributed by atoms with Gasteiger partial charge in [0, 0.05) is 17.2 Å². The molecule has 0 aliphatic heterocycles. The van der Waals surface area contributed by atoms with Gasteiger partial charge in [-0.3, -0.25) is 0 Å². The summed E-state index contributed by atoms with van der Waals surface area (Å²) in [4.78, 5) is 0.156. The third kappa shape index (κ3) is 5.12. The van der Waals surface area contributed by atoms with Gasteiger partial charge >= 0.3 is 0 Å². The van der Waals surface area contributed by atoms with Gasteiger partial charge in [0.05, 0.1) is 37.8 Å². The van der Waals surface area contributed by atoms with E-state index >= 15 is 0 Å². The van der Waals surface area contributed by atoms with E-state index < -0.39 is 16.1 Å². The van der Waals surface area contributed by atoms with E-state index in [0.29, 0.717) is 33.4 Å². The molecule has 31 heavy (non-hydrogen) atoms. The van der Waals surface area contributed by atoms with E-state index in [-0.39, 0.29) is 4.90 Å². The summed E-state index contributed by atoms with van der Waals surface area (Å²) >= 11 is 6.06. The summed E-state index contributed by atoms with van der Waals surface area (Å²) in [6.45, 7) is 1.90. The zero-order chi connectivity index (χ0) is 22.6. The van der Waals surface area contributed by atoms with Crippen LogP contribution in [0.4, 0.5) is 0 Å². The molecule has 0 aliphatic carbocycles. The summed E-state index contributed by atoms with van der Waals surface area (Å²) in [5, 5.41) is 0.539. The molecular weight excluding hydrogens is 438 g/mol. The van der Waals surface area contributed by atoms with Gasteiger partial charge in [0.1, 0.15) is 17.2 Å². The molecule has 0 fully saturated rings. The summed E-state index contributed by atoms with van der Waals surface area (Å²) in [5.41, 5.74) is 2.15. The maximum Gasteiger partial charge on any atom is 0.241 e. The van der Waals surface area contributed by atoms with Crippen LogP contribution in [0.3, 0.4) is 0 Å². The van der Waals surface area contributed by atoms with Gasteiger partial charge in [-0.15, -0.1) is 0 Å². The minimum Gasteiger partial charge on any atom is -0.496 e. The van der Waals surface area contributed by atoms with E-state index in [1.807, 2.05) is 6.92 Å². The molecule has 0 heterocycles. The van der Waals surface area contributed by atoms with Crippen molar-refractivity contribution in [1.82, 2.24) is 4.72 Å². The summed E-state index contributed by atoms with van der Waals surface area (Å²) in [7, 11) is 0.669. The Labute approximate surface area is 187 Å². The molecule has 8 heteroatoms. The highest BCUT2D eigenvalue weighted by Gasteiger charge is 2.29. The van der Waals surface area contributed by atoms with Crippen LogP contribution in [-0.2, 0) is 10.0 Å². The molecule has 0 spiro atoms. The second-order valence-electron chi connectivity index (χ2n) is 6.86. The van der Waals surface area contributed by atoms with Gasteiger partial charge in [0.15, 0.2) is 0 Å². The molecule has 0 aromatic heterocycles. The summed E-state index contributed by atoms with van der Waals surface area (Å²) < 4.78 is 45.8. The zero-order valence-corrected chi connectivity index (χ0v) is 19.3. The third-order valence-electron chi connectivity index (χ3n) is 4.85. The second-order valence-corrected chi connectivity index (χ2v) is 9.01. The molecule has 3 aromatic carbocycles. The molecule has 1 unspecified atom stereocenters. The number of halogens is 1. The maximum absolute atomic E-state index is 13.2. The molecule has 0 saturated heterocycles. The van der Waals surface area contributed by atoms with E-state index in [0.717, 1.165) is 5.56 Å². The van der Waals surface area contributed by atoms with Crippen molar-refractivity contribution in [2.24, 2.45) is 0 Å². The van der Waals surface area contributed by atoms with Crippen molar-refractivity contribution in [3.05, 3.63) is 82.4 Å². The van der Waals surface area contributed by atoms with Gasteiger partial charge in [0.2, 0.25) is 10.0 Å². The van der Waals surface area contributed by atoms with Crippen molar-refractivity contribution < 1.29 is 22.6 Å². The first-order chi connectivity index (χ1) is 14.8. The van der Waals surface area contributed by atoms with Crippen LogP contribution in [0.5, 0.6) is 17.2 Å². The molecule has 0 radical (unpaired) electrons. The molecule has 1 atom stereocenters. The van der Waals surface area contributed by atoms with Gasteiger partial charge in [-0.05, 0) is 36.8 Å². The number of aryl methyl sites for hydroxylation is 1. The van der Waals surface area contributed by atoms with E-state index in [1.165, 1.54) is 21.3 Å². The van der Waals surface area contributed by atoms with E-state index in [1.54, 1.807) is 60.7 Å². The number of methoxy groups -OCH3 is 3. The zero-order valence-electron chi connectivity index (χ0n) is 17.7. The molecule has 0 amide bonds. The number of nitrogens with one attached hydrogen (secondary N) is 1. The van der Waals surface area contributed by atoms with Gasteiger partial charge in [-0.2, -0.15) is 4.72 Å². The topological polar surface area (TPSA) is 73.9 Å². The third-order valence-corrected chi connectivity index (χ3v) is 6.54. The fraction of sp³-hybridized carbons (Fsp3) is 0.217. The SMILES string of the molecule is COc1cc(OC)c(C(NS(=O)(=O)c2ccc(C)cc2)c2ccc(Cl)cc2)c(OC)c1. The number of ether oxygens (including phenoxy) is 3. The molecule has 0 aliphatic rings. The molecule has 0 saturated carbocycles. The summed E-state index contributed by atoms with van der Waals surface area (Å²) in [5.74, 6) is 1.36. The highest BCUT2D eigenvalue weighted by atomic mass is 35.5. The van der Waals surface area contributed by atoms with Crippen molar-refractivity contribution >= 4 is 21.6 Å². The van der Waals surface area contributed by atoms with Crippen LogP contribution >= 0.6 is 11.6 Å². The van der Waals surface area contributed by atoms with E-state index in [2.05, 4.69) is 4.72 Å². The average Bonchev–Trinajstić information content (AvgIpc) is 2.77. The quantitative estimate of drug-likeness (QED) is 0.524. The number of sulfonamides is 1. The molecular formula is C23H24ClNO5S. The van der Waals surface area contributed by atoms with E-state index in [9.17, 15) is 8.42 Å². The second kappa shape index (κ2) is 9.60. The van der Waals surface area contributed by atoms with Gasteiger partial charge < -0.3 is 14.2 Å². The first-order valence-electron chi connectivity index (χ1n) is 9.43. The molecule has 6 nitrogen and oxygen atoms in total. The standard InChI is InChI=1S/C23H24ClNO5S/c1-15-5-11-19(12-6-15)31(26,27)25-23(16-7-9-17(24)10-8-16)22-20(29-3)13-18(28-2)14-21(22)30-4/h5-14,23,25H,1-4H3. The molecule has 3 rings (SSSR count). The Kier molecular flexibility index (Phi) is 7.10. The van der Waals surface area contributed by atoms with Gasteiger partial charge in [0.25, 0.3) is 0 Å². The first kappa shape index (κ1) is 22.9. The lowest BCUT2D eigenvalue weighted by molar-refractivity contribution is 0.365. The van der Waals surface area contributed by atoms with Crippen LogP contribution in [0.25, 0.3) is 0 Å². The molecule has 164 valence electrons. The Morgan fingerprint density at radius 2 is 1.39 bits per heavy atom. The number of rotatable bonds is 8. The van der Waals surface area contributed by atoms with Gasteiger partial charge in [-0.25, -0.2) is 8.42 Å². The van der Waals surface area contributed by atoms with Crippen LogP contribution < -0.4 is 18.9 Å². The average molecular weight is 462 g/mol. The van der Waals surface area contributed by atoms with Crippen LogP contribution in [0.1, 0.15) is 22.7 Å². The Hall–Kier alpha value is -2.74. The maximum atomic E-state index is 13.2. The predicted octanol–water partition coefficient (Wildman–Crippen LogP) is 4.74. The van der Waals surface area contributed by atoms with Crippen LogP contribution in [0.15, 0.2) is 65.6 Å². The normalized spacial score (nSPS) is 12.3. The Morgan fingerprint density at radius 1 is 0.839 bits per heavy atom. The van der Waals surface area contributed by atoms with Crippen LogP contribution in [-0.4, -0.2) is 29.7 Å². The Balaban J connectivity index is 2.19. The number of hydrogen-bond donors (Lipinski definition) is 1. The molecule has 0 bridgehead atoms. The fourth-order valence-electron chi connectivity index (χ4n) is 3.21. The monoisotopic (exact) mass is 461 g/mol. The van der Waals surface area contributed by atoms with E-state index in [4.69, 9.17) is 25.8 Å². The van der Waals surface area contributed by atoms with Crippen LogP contribution in [0, 0.1) is 6.92 Å². The summed E-state index contributed by atoms with van der Waals surface area (Å²) in [6.07, 6.45) is 0.